The molecule has 1 heterocycles. The molecule has 0 radical (unpaired) electrons. The molecule has 4 heteroatoms. The lowest BCUT2D eigenvalue weighted by Crippen LogP contribution is -2.23. The molecule has 0 atom stereocenters. The molecule has 0 aliphatic carbocycles. The summed E-state index contributed by atoms with van der Waals surface area (Å²) in [4.78, 5) is 2.31. The topological polar surface area (TPSA) is 33.1 Å². The second-order valence-corrected chi connectivity index (χ2v) is 3.64. The van der Waals surface area contributed by atoms with E-state index in [1.54, 1.807) is 0 Å². The Kier molecular flexibility index (Phi) is 4.62. The van der Waals surface area contributed by atoms with E-state index >= 15 is 0 Å². The highest BCUT2D eigenvalue weighted by Gasteiger charge is 2.02. The number of nitrogens with zero attached hydrogens (tertiary/aromatic N) is 3. The van der Waals surface area contributed by atoms with Gasteiger partial charge in [0.25, 0.3) is 0 Å². The Morgan fingerprint density at radius 1 is 1.57 bits per heavy atom. The minimum Gasteiger partial charge on any atom is -0.320 e. The highest BCUT2D eigenvalue weighted by molar-refractivity contribution is 4.99. The molecule has 4 nitrogen and oxygen atoms in total. The van der Waals surface area contributed by atoms with Gasteiger partial charge in [0, 0.05) is 19.8 Å². The van der Waals surface area contributed by atoms with E-state index in [-0.39, 0.29) is 0 Å². The van der Waals surface area contributed by atoms with Gasteiger partial charge in [0.15, 0.2) is 0 Å². The molecule has 1 N–H and O–H groups in total. The Balaban J connectivity index is 2.27. The van der Waals surface area contributed by atoms with Crippen LogP contribution in [-0.4, -0.2) is 41.9 Å². The van der Waals surface area contributed by atoms with Crippen LogP contribution in [0.25, 0.3) is 0 Å². The molecule has 0 aromatic carbocycles. The standard InChI is InChI=1S/C10H20N4/c1-11-6-4-8-13(2)9-10-5-7-12-14(10)3/h5,7,11H,4,6,8-9H2,1-3H3. The summed E-state index contributed by atoms with van der Waals surface area (Å²) in [5.41, 5.74) is 1.26. The smallest absolute Gasteiger partial charge is 0.0520 e. The normalized spacial score (nSPS) is 11.1. The Morgan fingerprint density at radius 2 is 2.36 bits per heavy atom. The van der Waals surface area contributed by atoms with Crippen molar-refractivity contribution in [2.75, 3.05) is 27.2 Å². The van der Waals surface area contributed by atoms with Crippen molar-refractivity contribution in [3.8, 4) is 0 Å². The molecule has 0 spiro atoms. The molecule has 0 aliphatic rings. The molecule has 1 rings (SSSR count). The third-order valence-electron chi connectivity index (χ3n) is 2.32. The first-order chi connectivity index (χ1) is 6.74. The van der Waals surface area contributed by atoms with Crippen LogP contribution < -0.4 is 5.32 Å². The first kappa shape index (κ1) is 11.2. The minimum atomic E-state index is 0.972. The van der Waals surface area contributed by atoms with Crippen LogP contribution >= 0.6 is 0 Å². The molecular weight excluding hydrogens is 176 g/mol. The molecule has 0 saturated heterocycles. The highest BCUT2D eigenvalue weighted by Crippen LogP contribution is 2.00. The Hall–Kier alpha value is -0.870. The van der Waals surface area contributed by atoms with Crippen LogP contribution in [-0.2, 0) is 13.6 Å². The molecule has 0 amide bonds. The Labute approximate surface area is 85.9 Å². The average Bonchev–Trinajstić information content (AvgIpc) is 2.52. The summed E-state index contributed by atoms with van der Waals surface area (Å²) in [6.45, 7) is 3.17. The quantitative estimate of drug-likeness (QED) is 0.671. The van der Waals surface area contributed by atoms with E-state index in [9.17, 15) is 0 Å². The Bertz CT molecular complexity index is 256. The van der Waals surface area contributed by atoms with Crippen LogP contribution in [0, 0.1) is 0 Å². The second-order valence-electron chi connectivity index (χ2n) is 3.64. The number of nitrogens with one attached hydrogen (secondary N) is 1. The second kappa shape index (κ2) is 5.78. The van der Waals surface area contributed by atoms with E-state index in [2.05, 4.69) is 28.4 Å². The third-order valence-corrected chi connectivity index (χ3v) is 2.32. The van der Waals surface area contributed by atoms with Crippen molar-refractivity contribution in [2.45, 2.75) is 13.0 Å². The van der Waals surface area contributed by atoms with Gasteiger partial charge in [-0.2, -0.15) is 5.10 Å². The fourth-order valence-corrected chi connectivity index (χ4v) is 1.44. The largest absolute Gasteiger partial charge is 0.320 e. The van der Waals surface area contributed by atoms with Gasteiger partial charge in [0.1, 0.15) is 0 Å². The van der Waals surface area contributed by atoms with E-state index in [0.717, 1.165) is 19.6 Å². The average molecular weight is 196 g/mol. The Morgan fingerprint density at radius 3 is 2.93 bits per heavy atom. The van der Waals surface area contributed by atoms with E-state index in [1.807, 2.05) is 25.0 Å². The summed E-state index contributed by atoms with van der Waals surface area (Å²) in [7, 11) is 6.11. The molecule has 0 bridgehead atoms. The molecule has 0 aliphatic heterocycles. The fourth-order valence-electron chi connectivity index (χ4n) is 1.44. The molecule has 1 aromatic rings. The van der Waals surface area contributed by atoms with Crippen LogP contribution in [0.4, 0.5) is 0 Å². The van der Waals surface area contributed by atoms with Gasteiger partial charge in [-0.05, 0) is 39.7 Å². The predicted molar refractivity (Wildman–Crippen MR) is 58.1 cm³/mol. The van der Waals surface area contributed by atoms with Crippen molar-refractivity contribution in [1.29, 1.82) is 0 Å². The number of hydrogen-bond acceptors (Lipinski definition) is 3. The molecule has 1 aromatic heterocycles. The van der Waals surface area contributed by atoms with Gasteiger partial charge in [-0.1, -0.05) is 0 Å². The van der Waals surface area contributed by atoms with Gasteiger partial charge < -0.3 is 10.2 Å². The number of aryl methyl sites for hydroxylation is 1. The summed E-state index contributed by atoms with van der Waals surface area (Å²) in [5, 5.41) is 7.29. The molecule has 0 fully saturated rings. The summed E-state index contributed by atoms with van der Waals surface area (Å²) in [6.07, 6.45) is 3.03. The van der Waals surface area contributed by atoms with Crippen molar-refractivity contribution in [2.24, 2.45) is 7.05 Å². The zero-order valence-electron chi connectivity index (χ0n) is 9.32. The fraction of sp³-hybridized carbons (Fsp3) is 0.700. The van der Waals surface area contributed by atoms with E-state index < -0.39 is 0 Å². The van der Waals surface area contributed by atoms with Crippen molar-refractivity contribution in [3.63, 3.8) is 0 Å². The van der Waals surface area contributed by atoms with E-state index in [0.29, 0.717) is 0 Å². The predicted octanol–water partition coefficient (Wildman–Crippen LogP) is 0.461. The number of rotatable bonds is 6. The van der Waals surface area contributed by atoms with Crippen molar-refractivity contribution in [3.05, 3.63) is 18.0 Å². The van der Waals surface area contributed by atoms with Crippen molar-refractivity contribution < 1.29 is 0 Å². The number of aromatic nitrogens is 2. The first-order valence-electron chi connectivity index (χ1n) is 5.04. The van der Waals surface area contributed by atoms with Gasteiger partial charge in [0.2, 0.25) is 0 Å². The maximum atomic E-state index is 4.14. The highest BCUT2D eigenvalue weighted by atomic mass is 15.3. The maximum Gasteiger partial charge on any atom is 0.0520 e. The zero-order chi connectivity index (χ0) is 10.4. The monoisotopic (exact) mass is 196 g/mol. The zero-order valence-corrected chi connectivity index (χ0v) is 9.32. The molecule has 0 saturated carbocycles. The lowest BCUT2D eigenvalue weighted by atomic mass is 10.3. The summed E-state index contributed by atoms with van der Waals surface area (Å²) in [6, 6.07) is 2.06. The minimum absolute atomic E-state index is 0.972. The van der Waals surface area contributed by atoms with Gasteiger partial charge in [-0.3, -0.25) is 4.68 Å². The van der Waals surface area contributed by atoms with Crippen LogP contribution in [0.2, 0.25) is 0 Å². The van der Waals surface area contributed by atoms with Crippen LogP contribution in [0.15, 0.2) is 12.3 Å². The van der Waals surface area contributed by atoms with Gasteiger partial charge in [-0.25, -0.2) is 0 Å². The maximum absolute atomic E-state index is 4.14. The first-order valence-corrected chi connectivity index (χ1v) is 5.04. The number of hydrogen-bond donors (Lipinski definition) is 1. The third kappa shape index (κ3) is 3.47. The summed E-state index contributed by atoms with van der Waals surface area (Å²) in [5.74, 6) is 0. The lowest BCUT2D eigenvalue weighted by Gasteiger charge is -2.16. The van der Waals surface area contributed by atoms with E-state index in [1.165, 1.54) is 12.1 Å². The van der Waals surface area contributed by atoms with Crippen molar-refractivity contribution >= 4 is 0 Å². The van der Waals surface area contributed by atoms with Gasteiger partial charge in [0.05, 0.1) is 5.69 Å². The lowest BCUT2D eigenvalue weighted by molar-refractivity contribution is 0.312. The molecule has 0 unspecified atom stereocenters. The van der Waals surface area contributed by atoms with Gasteiger partial charge in [-0.15, -0.1) is 0 Å². The van der Waals surface area contributed by atoms with Crippen LogP contribution in [0.3, 0.4) is 0 Å². The summed E-state index contributed by atoms with van der Waals surface area (Å²) >= 11 is 0. The van der Waals surface area contributed by atoms with Gasteiger partial charge >= 0.3 is 0 Å². The molecular formula is C10H20N4. The SMILES string of the molecule is CNCCCN(C)Cc1ccnn1C. The van der Waals surface area contributed by atoms with E-state index in [4.69, 9.17) is 0 Å². The summed E-state index contributed by atoms with van der Waals surface area (Å²) < 4.78 is 1.93. The van der Waals surface area contributed by atoms with Crippen LogP contribution in [0.5, 0.6) is 0 Å². The molecule has 14 heavy (non-hydrogen) atoms. The van der Waals surface area contributed by atoms with Crippen molar-refractivity contribution in [1.82, 2.24) is 20.0 Å². The van der Waals surface area contributed by atoms with Crippen LogP contribution in [0.1, 0.15) is 12.1 Å². The molecule has 80 valence electrons.